The van der Waals surface area contributed by atoms with Gasteiger partial charge >= 0.3 is 0 Å². The van der Waals surface area contributed by atoms with Crippen molar-refractivity contribution in [3.05, 3.63) is 108 Å². The Morgan fingerprint density at radius 2 is 1.06 bits per heavy atom. The highest BCUT2D eigenvalue weighted by atomic mass is 16.6. The molecule has 0 fully saturated rings. The molecule has 0 radical (unpaired) electrons. The molecule has 0 unspecified atom stereocenters. The third-order valence-corrected chi connectivity index (χ3v) is 4.92. The largest absolute Gasteiger partial charge is 0.394 e. The summed E-state index contributed by atoms with van der Waals surface area (Å²) in [4.78, 5) is 0. The Morgan fingerprint density at radius 1 is 0.613 bits per heavy atom. The van der Waals surface area contributed by atoms with E-state index in [0.29, 0.717) is 19.8 Å². The van der Waals surface area contributed by atoms with E-state index in [-0.39, 0.29) is 13.2 Å². The number of benzene rings is 3. The van der Waals surface area contributed by atoms with E-state index >= 15 is 0 Å². The standard InChI is InChI=1S/C26H30O5/c27-16-25(30-18-22-12-6-2-7-13-22)26(31-19-23-14-8-3-9-15-23)24(28)20-29-17-21-10-4-1-5-11-21/h1-15,24-28H,16-20H2/t24-,25-,26-/m1/s1. The van der Waals surface area contributed by atoms with Crippen LogP contribution in [0.3, 0.4) is 0 Å². The first-order valence-electron chi connectivity index (χ1n) is 10.5. The van der Waals surface area contributed by atoms with E-state index in [0.717, 1.165) is 16.7 Å². The van der Waals surface area contributed by atoms with Crippen LogP contribution in [0, 0.1) is 0 Å². The lowest BCUT2D eigenvalue weighted by Gasteiger charge is -2.30. The Morgan fingerprint density at radius 3 is 1.55 bits per heavy atom. The number of rotatable bonds is 13. The van der Waals surface area contributed by atoms with Crippen molar-refractivity contribution in [2.24, 2.45) is 0 Å². The van der Waals surface area contributed by atoms with Crippen LogP contribution >= 0.6 is 0 Å². The summed E-state index contributed by atoms with van der Waals surface area (Å²) >= 11 is 0. The second kappa shape index (κ2) is 13.0. The molecule has 164 valence electrons. The van der Waals surface area contributed by atoms with Gasteiger partial charge in [-0.05, 0) is 16.7 Å². The van der Waals surface area contributed by atoms with Gasteiger partial charge in [-0.25, -0.2) is 0 Å². The number of hydrogen-bond acceptors (Lipinski definition) is 5. The van der Waals surface area contributed by atoms with E-state index in [1.807, 2.05) is 91.0 Å². The molecule has 3 atom stereocenters. The smallest absolute Gasteiger partial charge is 0.114 e. The van der Waals surface area contributed by atoms with Gasteiger partial charge in [-0.15, -0.1) is 0 Å². The molecule has 0 saturated heterocycles. The molecule has 0 aliphatic heterocycles. The molecule has 0 saturated carbocycles. The van der Waals surface area contributed by atoms with E-state index in [1.165, 1.54) is 0 Å². The van der Waals surface area contributed by atoms with E-state index in [4.69, 9.17) is 14.2 Å². The number of hydrogen-bond donors (Lipinski definition) is 2. The van der Waals surface area contributed by atoms with Gasteiger partial charge in [0, 0.05) is 0 Å². The van der Waals surface area contributed by atoms with Crippen LogP contribution in [-0.2, 0) is 34.0 Å². The van der Waals surface area contributed by atoms with Gasteiger partial charge in [-0.3, -0.25) is 0 Å². The first-order chi connectivity index (χ1) is 15.3. The molecule has 3 rings (SSSR count). The van der Waals surface area contributed by atoms with Crippen LogP contribution in [0.1, 0.15) is 16.7 Å². The molecule has 2 N–H and O–H groups in total. The minimum absolute atomic E-state index is 0.0690. The lowest BCUT2D eigenvalue weighted by molar-refractivity contribution is -0.157. The topological polar surface area (TPSA) is 68.2 Å². The number of ether oxygens (including phenoxy) is 3. The van der Waals surface area contributed by atoms with Crippen LogP contribution in [0.2, 0.25) is 0 Å². The Balaban J connectivity index is 1.61. The Labute approximate surface area is 183 Å². The molecule has 0 heterocycles. The summed E-state index contributed by atoms with van der Waals surface area (Å²) < 4.78 is 17.6. The third-order valence-electron chi connectivity index (χ3n) is 4.92. The van der Waals surface area contributed by atoms with Gasteiger partial charge in [-0.2, -0.15) is 0 Å². The molecule has 0 amide bonds. The highest BCUT2D eigenvalue weighted by Crippen LogP contribution is 2.16. The average molecular weight is 423 g/mol. The molecule has 0 bridgehead atoms. The van der Waals surface area contributed by atoms with Crippen molar-refractivity contribution in [3.63, 3.8) is 0 Å². The highest BCUT2D eigenvalue weighted by Gasteiger charge is 2.30. The van der Waals surface area contributed by atoms with Gasteiger partial charge < -0.3 is 24.4 Å². The van der Waals surface area contributed by atoms with E-state index in [2.05, 4.69) is 0 Å². The zero-order chi connectivity index (χ0) is 21.7. The molecule has 0 aliphatic rings. The molecule has 3 aromatic rings. The number of aliphatic hydroxyl groups excluding tert-OH is 2. The Kier molecular flexibility index (Phi) is 9.70. The summed E-state index contributed by atoms with van der Waals surface area (Å²) in [6, 6.07) is 29.2. The molecule has 3 aromatic carbocycles. The summed E-state index contributed by atoms with van der Waals surface area (Å²) in [6.45, 7) is 0.793. The molecule has 5 nitrogen and oxygen atoms in total. The zero-order valence-corrected chi connectivity index (χ0v) is 17.5. The first-order valence-corrected chi connectivity index (χ1v) is 10.5. The van der Waals surface area contributed by atoms with Crippen molar-refractivity contribution in [2.45, 2.75) is 38.1 Å². The van der Waals surface area contributed by atoms with Gasteiger partial charge in [0.15, 0.2) is 0 Å². The van der Waals surface area contributed by atoms with Crippen LogP contribution in [0.4, 0.5) is 0 Å². The molecule has 0 aromatic heterocycles. The fourth-order valence-electron chi connectivity index (χ4n) is 3.23. The highest BCUT2D eigenvalue weighted by molar-refractivity contribution is 5.15. The van der Waals surface area contributed by atoms with Crippen molar-refractivity contribution in [2.75, 3.05) is 13.2 Å². The van der Waals surface area contributed by atoms with Crippen LogP contribution in [-0.4, -0.2) is 41.7 Å². The number of aliphatic hydroxyl groups is 2. The summed E-state index contributed by atoms with van der Waals surface area (Å²) in [7, 11) is 0. The normalized spacial score (nSPS) is 14.1. The molecular formula is C26H30O5. The summed E-state index contributed by atoms with van der Waals surface area (Å²) in [5.41, 5.74) is 2.98. The summed E-state index contributed by atoms with van der Waals surface area (Å²) in [5.74, 6) is 0. The Hall–Kier alpha value is -2.54. The lowest BCUT2D eigenvalue weighted by atomic mass is 10.1. The zero-order valence-electron chi connectivity index (χ0n) is 17.5. The van der Waals surface area contributed by atoms with Crippen LogP contribution in [0.25, 0.3) is 0 Å². The fourth-order valence-corrected chi connectivity index (χ4v) is 3.23. The summed E-state index contributed by atoms with van der Waals surface area (Å²) in [6.07, 6.45) is -2.40. The maximum absolute atomic E-state index is 10.8. The van der Waals surface area contributed by atoms with Gasteiger partial charge in [-0.1, -0.05) is 91.0 Å². The van der Waals surface area contributed by atoms with Crippen LogP contribution in [0.5, 0.6) is 0 Å². The third kappa shape index (κ3) is 7.90. The quantitative estimate of drug-likeness (QED) is 0.439. The monoisotopic (exact) mass is 422 g/mol. The first kappa shape index (κ1) is 23.1. The minimum atomic E-state index is -0.958. The van der Waals surface area contributed by atoms with E-state index in [1.54, 1.807) is 0 Å². The van der Waals surface area contributed by atoms with Gasteiger partial charge in [0.1, 0.15) is 18.3 Å². The lowest BCUT2D eigenvalue weighted by Crippen LogP contribution is -2.45. The maximum atomic E-state index is 10.8. The van der Waals surface area contributed by atoms with Crippen molar-refractivity contribution in [3.8, 4) is 0 Å². The van der Waals surface area contributed by atoms with E-state index in [9.17, 15) is 10.2 Å². The van der Waals surface area contributed by atoms with Crippen molar-refractivity contribution < 1.29 is 24.4 Å². The molecular weight excluding hydrogens is 392 g/mol. The molecule has 0 aliphatic carbocycles. The van der Waals surface area contributed by atoms with Gasteiger partial charge in [0.25, 0.3) is 0 Å². The van der Waals surface area contributed by atoms with Crippen molar-refractivity contribution in [1.82, 2.24) is 0 Å². The minimum Gasteiger partial charge on any atom is -0.394 e. The maximum Gasteiger partial charge on any atom is 0.114 e. The molecule has 31 heavy (non-hydrogen) atoms. The Bertz CT molecular complexity index is 841. The molecule has 5 heteroatoms. The molecule has 0 spiro atoms. The van der Waals surface area contributed by atoms with Gasteiger partial charge in [0.2, 0.25) is 0 Å². The second-order valence-corrected chi connectivity index (χ2v) is 7.35. The SMILES string of the molecule is OC[C@@H](OCc1ccccc1)[C@H](OCc1ccccc1)[C@H](O)COCc1ccccc1. The van der Waals surface area contributed by atoms with E-state index < -0.39 is 18.3 Å². The second-order valence-electron chi connectivity index (χ2n) is 7.35. The fraction of sp³-hybridized carbons (Fsp3) is 0.308. The van der Waals surface area contributed by atoms with Crippen LogP contribution in [0.15, 0.2) is 91.0 Å². The van der Waals surface area contributed by atoms with Gasteiger partial charge in [0.05, 0.1) is 33.0 Å². The van der Waals surface area contributed by atoms with Crippen molar-refractivity contribution in [1.29, 1.82) is 0 Å². The average Bonchev–Trinajstić information content (AvgIpc) is 2.83. The summed E-state index contributed by atoms with van der Waals surface area (Å²) in [5, 5.41) is 20.8. The van der Waals surface area contributed by atoms with Crippen molar-refractivity contribution >= 4 is 0 Å². The predicted octanol–water partition coefficient (Wildman–Crippen LogP) is 3.73. The predicted molar refractivity (Wildman–Crippen MR) is 119 cm³/mol. The van der Waals surface area contributed by atoms with Crippen LogP contribution < -0.4 is 0 Å².